The number of fused-ring (bicyclic) bond motifs is 1. The fraction of sp³-hybridized carbons (Fsp3) is 0.429. The van der Waals surface area contributed by atoms with Gasteiger partial charge >= 0.3 is 0 Å². The van der Waals surface area contributed by atoms with Crippen LogP contribution in [0.15, 0.2) is 47.8 Å². The molecule has 1 amide bonds. The van der Waals surface area contributed by atoms with Gasteiger partial charge in [-0.15, -0.1) is 11.3 Å². The van der Waals surface area contributed by atoms with Gasteiger partial charge in [0.1, 0.15) is 10.7 Å². The highest BCUT2D eigenvalue weighted by molar-refractivity contribution is 7.09. The molecule has 1 saturated heterocycles. The van der Waals surface area contributed by atoms with Gasteiger partial charge in [0.05, 0.1) is 6.54 Å². The van der Waals surface area contributed by atoms with Gasteiger partial charge in [-0.2, -0.15) is 0 Å². The molecule has 0 saturated carbocycles. The van der Waals surface area contributed by atoms with Gasteiger partial charge in [-0.1, -0.05) is 42.3 Å². The highest BCUT2D eigenvalue weighted by Crippen LogP contribution is 2.33. The number of nitrogens with one attached hydrogen (secondary N) is 1. The van der Waals surface area contributed by atoms with E-state index in [1.54, 1.807) is 11.3 Å². The van der Waals surface area contributed by atoms with Crippen LogP contribution in [0.3, 0.4) is 0 Å². The summed E-state index contributed by atoms with van der Waals surface area (Å²) in [5.74, 6) is 1.50. The van der Waals surface area contributed by atoms with Crippen molar-refractivity contribution in [1.82, 2.24) is 20.1 Å². The summed E-state index contributed by atoms with van der Waals surface area (Å²) < 4.78 is 11.0. The van der Waals surface area contributed by atoms with E-state index in [9.17, 15) is 4.79 Å². The Morgan fingerprint density at radius 3 is 2.58 bits per heavy atom. The van der Waals surface area contributed by atoms with Crippen molar-refractivity contribution in [3.05, 3.63) is 75.2 Å². The Kier molecular flexibility index (Phi) is 8.15. The fourth-order valence-corrected chi connectivity index (χ4v) is 5.51. The molecule has 36 heavy (non-hydrogen) atoms. The fourth-order valence-electron chi connectivity index (χ4n) is 4.70. The number of benzene rings is 2. The quantitative estimate of drug-likeness (QED) is 0.434. The monoisotopic (exact) mass is 506 g/mol. The zero-order valence-electron chi connectivity index (χ0n) is 20.9. The third-order valence-corrected chi connectivity index (χ3v) is 7.51. The smallest absolute Gasteiger partial charge is 0.270 e. The minimum atomic E-state index is -0.0876. The van der Waals surface area contributed by atoms with Gasteiger partial charge in [-0.25, -0.2) is 4.98 Å². The number of aryl methyl sites for hydroxylation is 1. The molecule has 0 spiro atoms. The van der Waals surface area contributed by atoms with Crippen LogP contribution in [0.25, 0.3) is 0 Å². The van der Waals surface area contributed by atoms with E-state index in [2.05, 4.69) is 57.4 Å². The number of amides is 1. The predicted octanol–water partition coefficient (Wildman–Crippen LogP) is 4.60. The van der Waals surface area contributed by atoms with Crippen molar-refractivity contribution in [3.63, 3.8) is 0 Å². The van der Waals surface area contributed by atoms with Crippen molar-refractivity contribution in [1.29, 1.82) is 0 Å². The zero-order valence-corrected chi connectivity index (χ0v) is 21.7. The maximum Gasteiger partial charge on any atom is 0.270 e. The molecule has 8 heteroatoms. The van der Waals surface area contributed by atoms with Crippen molar-refractivity contribution < 1.29 is 14.3 Å². The molecule has 3 heterocycles. The Bertz CT molecular complexity index is 1160. The largest absolute Gasteiger partial charge is 0.454 e. The van der Waals surface area contributed by atoms with Gasteiger partial charge in [-0.05, 0) is 56.1 Å². The first kappa shape index (κ1) is 24.7. The Hall–Kier alpha value is -2.94. The van der Waals surface area contributed by atoms with E-state index in [0.717, 1.165) is 54.8 Å². The number of aromatic nitrogens is 1. The molecule has 1 fully saturated rings. The summed E-state index contributed by atoms with van der Waals surface area (Å²) >= 11 is 1.54. The van der Waals surface area contributed by atoms with Crippen LogP contribution >= 0.6 is 11.3 Å². The van der Waals surface area contributed by atoms with Crippen LogP contribution in [0.5, 0.6) is 11.5 Å². The van der Waals surface area contributed by atoms with E-state index in [4.69, 9.17) is 9.47 Å². The molecule has 1 aromatic heterocycles. The molecule has 0 radical (unpaired) electrons. The van der Waals surface area contributed by atoms with Crippen LogP contribution in [0.1, 0.15) is 51.4 Å². The minimum Gasteiger partial charge on any atom is -0.454 e. The lowest BCUT2D eigenvalue weighted by atomic mass is 10.1. The van der Waals surface area contributed by atoms with Crippen molar-refractivity contribution in [2.24, 2.45) is 0 Å². The number of piperidine rings is 1. The molecular weight excluding hydrogens is 472 g/mol. The Balaban J connectivity index is 1.22. The topological polar surface area (TPSA) is 66.9 Å². The predicted molar refractivity (Wildman–Crippen MR) is 141 cm³/mol. The molecule has 0 aliphatic carbocycles. The third kappa shape index (κ3) is 6.63. The van der Waals surface area contributed by atoms with Crippen molar-refractivity contribution in [2.75, 3.05) is 33.0 Å². The number of nitrogens with zero attached hydrogens (tertiary/aromatic N) is 3. The number of carbonyl (C=O) groups is 1. The second kappa shape index (κ2) is 11.9. The molecule has 0 unspecified atom stereocenters. The van der Waals surface area contributed by atoms with E-state index >= 15 is 0 Å². The van der Waals surface area contributed by atoms with E-state index in [1.165, 1.54) is 30.4 Å². The molecule has 2 aliphatic heterocycles. The third-order valence-electron chi connectivity index (χ3n) is 6.68. The molecule has 190 valence electrons. The van der Waals surface area contributed by atoms with Crippen molar-refractivity contribution in [3.8, 4) is 11.5 Å². The van der Waals surface area contributed by atoms with Crippen LogP contribution in [0.2, 0.25) is 0 Å². The maximum absolute atomic E-state index is 12.7. The molecule has 2 aliphatic rings. The Morgan fingerprint density at radius 1 is 1.00 bits per heavy atom. The van der Waals surface area contributed by atoms with Gasteiger partial charge in [0.15, 0.2) is 11.5 Å². The minimum absolute atomic E-state index is 0.0876. The van der Waals surface area contributed by atoms with Gasteiger partial charge in [0, 0.05) is 31.6 Å². The Morgan fingerprint density at radius 2 is 1.75 bits per heavy atom. The van der Waals surface area contributed by atoms with Gasteiger partial charge < -0.3 is 19.7 Å². The molecule has 2 aromatic carbocycles. The number of ether oxygens (including phenoxy) is 2. The average molecular weight is 507 g/mol. The molecular formula is C28H34N4O3S. The van der Waals surface area contributed by atoms with Gasteiger partial charge in [0.25, 0.3) is 5.91 Å². The van der Waals surface area contributed by atoms with Gasteiger partial charge in [-0.3, -0.25) is 9.69 Å². The van der Waals surface area contributed by atoms with Gasteiger partial charge in [0.2, 0.25) is 6.79 Å². The molecule has 3 aromatic rings. The summed E-state index contributed by atoms with van der Waals surface area (Å²) in [4.78, 5) is 22.1. The van der Waals surface area contributed by atoms with Crippen LogP contribution in [-0.2, 0) is 19.6 Å². The molecule has 7 nitrogen and oxygen atoms in total. The zero-order chi connectivity index (χ0) is 24.7. The average Bonchev–Trinajstić information content (AvgIpc) is 3.55. The summed E-state index contributed by atoms with van der Waals surface area (Å²) in [5, 5.41) is 5.85. The summed E-state index contributed by atoms with van der Waals surface area (Å²) in [5.41, 5.74) is 4.15. The first-order chi connectivity index (χ1) is 17.6. The SMILES string of the molecule is Cc1ccc(CN(Cc2ccc3c(c2)OCO3)Cc2nc(C(=O)NCCN3CCCCC3)cs2)cc1. The Labute approximate surface area is 217 Å². The summed E-state index contributed by atoms with van der Waals surface area (Å²) in [6, 6.07) is 14.7. The van der Waals surface area contributed by atoms with Crippen LogP contribution in [-0.4, -0.2) is 53.7 Å². The molecule has 5 rings (SSSR count). The second-order valence-electron chi connectivity index (χ2n) is 9.60. The van der Waals surface area contributed by atoms with E-state index in [-0.39, 0.29) is 12.7 Å². The summed E-state index contributed by atoms with van der Waals surface area (Å²) in [6.07, 6.45) is 3.84. The molecule has 0 atom stereocenters. The van der Waals surface area contributed by atoms with Crippen LogP contribution in [0.4, 0.5) is 0 Å². The lowest BCUT2D eigenvalue weighted by Gasteiger charge is -2.26. The first-order valence-electron chi connectivity index (χ1n) is 12.7. The lowest BCUT2D eigenvalue weighted by molar-refractivity contribution is 0.0942. The second-order valence-corrected chi connectivity index (χ2v) is 10.5. The highest BCUT2D eigenvalue weighted by atomic mass is 32.1. The summed E-state index contributed by atoms with van der Waals surface area (Å²) in [7, 11) is 0. The number of hydrogen-bond donors (Lipinski definition) is 1. The van der Waals surface area contributed by atoms with Crippen molar-refractivity contribution in [2.45, 2.75) is 45.8 Å². The maximum atomic E-state index is 12.7. The standard InChI is InChI=1S/C28H34N4O3S/c1-21-5-7-22(8-6-21)16-32(17-23-9-10-25-26(15-23)35-20-34-25)18-27-30-24(19-36-27)28(33)29-11-14-31-12-3-2-4-13-31/h5-10,15,19H,2-4,11-14,16-18,20H2,1H3,(H,29,33). The highest BCUT2D eigenvalue weighted by Gasteiger charge is 2.18. The normalized spacial score (nSPS) is 15.4. The van der Waals surface area contributed by atoms with E-state index in [0.29, 0.717) is 18.8 Å². The molecule has 1 N–H and O–H groups in total. The van der Waals surface area contributed by atoms with E-state index in [1.807, 2.05) is 17.5 Å². The number of carbonyl (C=O) groups excluding carboxylic acids is 1. The number of likely N-dealkylation sites (tertiary alicyclic amines) is 1. The first-order valence-corrected chi connectivity index (χ1v) is 13.6. The summed E-state index contributed by atoms with van der Waals surface area (Å²) in [6.45, 7) is 8.39. The lowest BCUT2D eigenvalue weighted by Crippen LogP contribution is -2.37. The van der Waals surface area contributed by atoms with Crippen LogP contribution in [0, 0.1) is 6.92 Å². The number of hydrogen-bond acceptors (Lipinski definition) is 7. The molecule has 0 bridgehead atoms. The van der Waals surface area contributed by atoms with Crippen molar-refractivity contribution >= 4 is 17.2 Å². The number of thiazole rings is 1. The van der Waals surface area contributed by atoms with E-state index < -0.39 is 0 Å². The van der Waals surface area contributed by atoms with Crippen LogP contribution < -0.4 is 14.8 Å². The number of rotatable bonds is 10.